The van der Waals surface area contributed by atoms with Crippen molar-refractivity contribution in [1.82, 2.24) is 19.9 Å². The summed E-state index contributed by atoms with van der Waals surface area (Å²) in [6.07, 6.45) is 5.13. The number of hydrogen-bond donors (Lipinski definition) is 0. The molecule has 1 aromatic carbocycles. The van der Waals surface area contributed by atoms with Crippen molar-refractivity contribution in [2.75, 3.05) is 23.9 Å². The molecule has 3 heterocycles. The molecule has 1 saturated heterocycles. The van der Waals surface area contributed by atoms with Crippen LogP contribution in [0.1, 0.15) is 18.4 Å². The Morgan fingerprint density at radius 1 is 1.23 bits per heavy atom. The largest absolute Gasteiger partial charge is 0.340 e. The van der Waals surface area contributed by atoms with Crippen molar-refractivity contribution in [3.05, 3.63) is 42.2 Å². The average molecular weight is 375 g/mol. The number of benzene rings is 1. The maximum absolute atomic E-state index is 13.2. The van der Waals surface area contributed by atoms with Crippen molar-refractivity contribution in [1.29, 1.82) is 0 Å². The molecule has 0 N–H and O–H groups in total. The number of amides is 1. The fourth-order valence-electron chi connectivity index (χ4n) is 3.72. The Hall–Kier alpha value is -2.42. The summed E-state index contributed by atoms with van der Waals surface area (Å²) in [5.74, 6) is -0.128. The van der Waals surface area contributed by atoms with Gasteiger partial charge in [-0.3, -0.25) is 9.10 Å². The highest BCUT2D eigenvalue weighted by atomic mass is 32.2. The minimum Gasteiger partial charge on any atom is -0.340 e. The zero-order valence-electron chi connectivity index (χ0n) is 14.4. The van der Waals surface area contributed by atoms with Crippen LogP contribution in [-0.4, -0.2) is 59.1 Å². The second-order valence-corrected chi connectivity index (χ2v) is 8.84. The lowest BCUT2D eigenvalue weighted by Crippen LogP contribution is -2.50. The monoisotopic (exact) mass is 375 g/mol. The minimum absolute atomic E-state index is 0.0827. The number of aromatic nitrogens is 3. The van der Waals surface area contributed by atoms with Crippen LogP contribution in [0.3, 0.4) is 0 Å². The Balaban J connectivity index is 1.49. The predicted molar refractivity (Wildman–Crippen MR) is 96.0 cm³/mol. The van der Waals surface area contributed by atoms with Gasteiger partial charge in [0.15, 0.2) is 0 Å². The molecule has 1 amide bonds. The summed E-state index contributed by atoms with van der Waals surface area (Å²) in [4.78, 5) is 14.1. The van der Waals surface area contributed by atoms with Crippen LogP contribution in [0.2, 0.25) is 0 Å². The molecule has 0 unspecified atom stereocenters. The summed E-state index contributed by atoms with van der Waals surface area (Å²) < 4.78 is 29.4. The fourth-order valence-corrected chi connectivity index (χ4v) is 5.71. The van der Waals surface area contributed by atoms with Crippen LogP contribution < -0.4 is 4.31 Å². The maximum atomic E-state index is 13.2. The van der Waals surface area contributed by atoms with Crippen LogP contribution in [0.25, 0.3) is 0 Å². The molecule has 1 fully saturated rings. The SMILES string of the molecule is O=C(Cn1ccnn1)N1CCC[C@H](S(=O)(=O)N2CCc3ccccc32)C1. The lowest BCUT2D eigenvalue weighted by Gasteiger charge is -2.35. The molecule has 1 atom stereocenters. The van der Waals surface area contributed by atoms with Gasteiger partial charge in [0.2, 0.25) is 15.9 Å². The van der Waals surface area contributed by atoms with E-state index in [0.29, 0.717) is 25.9 Å². The summed E-state index contributed by atoms with van der Waals surface area (Å²) in [5, 5.41) is 6.92. The Kier molecular flexibility index (Phi) is 4.39. The summed E-state index contributed by atoms with van der Waals surface area (Å²) in [7, 11) is -3.50. The molecule has 8 nitrogen and oxygen atoms in total. The van der Waals surface area contributed by atoms with Gasteiger partial charge < -0.3 is 4.90 Å². The van der Waals surface area contributed by atoms with Crippen molar-refractivity contribution in [3.8, 4) is 0 Å². The molecule has 0 bridgehead atoms. The first-order valence-corrected chi connectivity index (χ1v) is 10.3. The first kappa shape index (κ1) is 17.0. The third kappa shape index (κ3) is 3.07. The van der Waals surface area contributed by atoms with E-state index in [-0.39, 0.29) is 19.0 Å². The van der Waals surface area contributed by atoms with E-state index in [4.69, 9.17) is 0 Å². The quantitative estimate of drug-likeness (QED) is 0.783. The van der Waals surface area contributed by atoms with Gasteiger partial charge in [-0.05, 0) is 30.9 Å². The molecule has 4 rings (SSSR count). The van der Waals surface area contributed by atoms with Gasteiger partial charge in [-0.15, -0.1) is 5.10 Å². The van der Waals surface area contributed by atoms with Crippen LogP contribution in [0.5, 0.6) is 0 Å². The molecule has 0 aliphatic carbocycles. The zero-order chi connectivity index (χ0) is 18.1. The second-order valence-electron chi connectivity index (χ2n) is 6.70. The molecule has 0 radical (unpaired) electrons. The average Bonchev–Trinajstić information content (AvgIpc) is 3.31. The molecule has 2 aliphatic rings. The number of nitrogens with zero attached hydrogens (tertiary/aromatic N) is 5. The Bertz CT molecular complexity index is 897. The summed E-state index contributed by atoms with van der Waals surface area (Å²) >= 11 is 0. The number of piperidine rings is 1. The fraction of sp³-hybridized carbons (Fsp3) is 0.471. The second kappa shape index (κ2) is 6.71. The topological polar surface area (TPSA) is 88.4 Å². The van der Waals surface area contributed by atoms with E-state index >= 15 is 0 Å². The first-order valence-electron chi connectivity index (χ1n) is 8.77. The highest BCUT2D eigenvalue weighted by Gasteiger charge is 2.39. The Morgan fingerprint density at radius 2 is 2.08 bits per heavy atom. The number of likely N-dealkylation sites (tertiary alicyclic amines) is 1. The standard InChI is InChI=1S/C17H21N5O3S/c23-17(13-21-11-8-18-19-21)20-9-3-5-15(12-20)26(24,25)22-10-7-14-4-1-2-6-16(14)22/h1-2,4,6,8,11,15H,3,5,7,9-10,12-13H2/t15-/m0/s1. The maximum Gasteiger partial charge on any atom is 0.244 e. The van der Waals surface area contributed by atoms with Gasteiger partial charge in [0.25, 0.3) is 0 Å². The van der Waals surface area contributed by atoms with E-state index in [9.17, 15) is 13.2 Å². The van der Waals surface area contributed by atoms with Gasteiger partial charge in [0, 0.05) is 25.8 Å². The number of sulfonamides is 1. The number of para-hydroxylation sites is 1. The van der Waals surface area contributed by atoms with E-state index in [1.165, 1.54) is 15.2 Å². The van der Waals surface area contributed by atoms with E-state index in [0.717, 1.165) is 17.7 Å². The smallest absolute Gasteiger partial charge is 0.244 e. The van der Waals surface area contributed by atoms with Crippen LogP contribution >= 0.6 is 0 Å². The van der Waals surface area contributed by atoms with E-state index in [1.54, 1.807) is 11.1 Å². The van der Waals surface area contributed by atoms with Crippen LogP contribution in [0.4, 0.5) is 5.69 Å². The van der Waals surface area contributed by atoms with Crippen LogP contribution in [0.15, 0.2) is 36.7 Å². The summed E-state index contributed by atoms with van der Waals surface area (Å²) in [6.45, 7) is 1.37. The first-order chi connectivity index (χ1) is 12.6. The molecular weight excluding hydrogens is 354 g/mol. The predicted octanol–water partition coefficient (Wildman–Crippen LogP) is 0.662. The molecule has 2 aromatic rings. The number of carbonyl (C=O) groups is 1. The van der Waals surface area contributed by atoms with Gasteiger partial charge in [-0.1, -0.05) is 23.4 Å². The number of fused-ring (bicyclic) bond motifs is 1. The molecule has 0 saturated carbocycles. The van der Waals surface area contributed by atoms with Crippen molar-refractivity contribution in [2.45, 2.75) is 31.1 Å². The van der Waals surface area contributed by atoms with E-state index in [1.807, 2.05) is 24.3 Å². The molecular formula is C17H21N5O3S. The van der Waals surface area contributed by atoms with Crippen molar-refractivity contribution >= 4 is 21.6 Å². The third-order valence-electron chi connectivity index (χ3n) is 5.07. The minimum atomic E-state index is -3.50. The highest BCUT2D eigenvalue weighted by Crippen LogP contribution is 2.33. The van der Waals surface area contributed by atoms with E-state index in [2.05, 4.69) is 10.3 Å². The number of carbonyl (C=O) groups excluding carboxylic acids is 1. The van der Waals surface area contributed by atoms with Crippen LogP contribution in [0, 0.1) is 0 Å². The van der Waals surface area contributed by atoms with Gasteiger partial charge in [0.1, 0.15) is 6.54 Å². The molecule has 0 spiro atoms. The number of rotatable bonds is 4. The van der Waals surface area contributed by atoms with Gasteiger partial charge in [-0.25, -0.2) is 13.1 Å². The summed E-state index contributed by atoms with van der Waals surface area (Å²) in [6, 6.07) is 7.62. The van der Waals surface area contributed by atoms with E-state index < -0.39 is 15.3 Å². The van der Waals surface area contributed by atoms with Crippen molar-refractivity contribution in [2.24, 2.45) is 0 Å². The lowest BCUT2D eigenvalue weighted by molar-refractivity contribution is -0.132. The Morgan fingerprint density at radius 3 is 2.88 bits per heavy atom. The van der Waals surface area contributed by atoms with Crippen molar-refractivity contribution < 1.29 is 13.2 Å². The van der Waals surface area contributed by atoms with Gasteiger partial charge >= 0.3 is 0 Å². The molecule has 9 heteroatoms. The normalized spacial score (nSPS) is 20.2. The molecule has 138 valence electrons. The van der Waals surface area contributed by atoms with Gasteiger partial charge in [-0.2, -0.15) is 0 Å². The number of hydrogen-bond acceptors (Lipinski definition) is 5. The number of anilines is 1. The molecule has 2 aliphatic heterocycles. The summed E-state index contributed by atoms with van der Waals surface area (Å²) in [5.41, 5.74) is 1.84. The lowest BCUT2D eigenvalue weighted by atomic mass is 10.1. The zero-order valence-corrected chi connectivity index (χ0v) is 15.2. The van der Waals surface area contributed by atoms with Gasteiger partial charge in [0.05, 0.1) is 17.1 Å². The van der Waals surface area contributed by atoms with Crippen molar-refractivity contribution in [3.63, 3.8) is 0 Å². The highest BCUT2D eigenvalue weighted by molar-refractivity contribution is 7.93. The molecule has 1 aromatic heterocycles. The van der Waals surface area contributed by atoms with Crippen LogP contribution in [-0.2, 0) is 27.8 Å². The Labute approximate surface area is 152 Å². The third-order valence-corrected chi connectivity index (χ3v) is 7.29. The molecule has 26 heavy (non-hydrogen) atoms.